The molecule has 26 heavy (non-hydrogen) atoms. The number of para-hydroxylation sites is 2. The highest BCUT2D eigenvalue weighted by Gasteiger charge is 2.28. The average Bonchev–Trinajstić information content (AvgIpc) is 2.97. The van der Waals surface area contributed by atoms with Gasteiger partial charge in [-0.25, -0.2) is 4.79 Å². The quantitative estimate of drug-likeness (QED) is 0.873. The highest BCUT2D eigenvalue weighted by Crippen LogP contribution is 2.31. The minimum absolute atomic E-state index is 0.0677. The Balaban J connectivity index is 1.71. The van der Waals surface area contributed by atoms with E-state index in [2.05, 4.69) is 0 Å². The van der Waals surface area contributed by atoms with Crippen LogP contribution in [0.2, 0.25) is 0 Å². The Morgan fingerprint density at radius 2 is 2.04 bits per heavy atom. The van der Waals surface area contributed by atoms with Crippen LogP contribution in [0.5, 0.6) is 5.75 Å². The van der Waals surface area contributed by atoms with E-state index in [4.69, 9.17) is 14.3 Å². The Morgan fingerprint density at radius 3 is 2.73 bits per heavy atom. The first-order chi connectivity index (χ1) is 12.4. The summed E-state index contributed by atoms with van der Waals surface area (Å²) in [6, 6.07) is 8.41. The Kier molecular flexibility index (Phi) is 4.66. The number of aryl methyl sites for hydroxylation is 1. The predicted octanol–water partition coefficient (Wildman–Crippen LogP) is 1.67. The third-order valence-electron chi connectivity index (χ3n) is 4.12. The Bertz CT molecular complexity index is 872. The number of rotatable bonds is 5. The molecule has 2 aromatic rings. The molecule has 1 aromatic heterocycles. The zero-order valence-corrected chi connectivity index (χ0v) is 14.4. The number of carboxylic acid groups (broad SMARTS) is 1. The third-order valence-corrected chi connectivity index (χ3v) is 4.12. The van der Waals surface area contributed by atoms with E-state index in [9.17, 15) is 14.4 Å². The van der Waals surface area contributed by atoms with Gasteiger partial charge < -0.3 is 19.2 Å². The average molecular weight is 358 g/mol. The van der Waals surface area contributed by atoms with Crippen molar-refractivity contribution in [1.82, 2.24) is 4.90 Å². The molecule has 0 saturated carbocycles. The van der Waals surface area contributed by atoms with Gasteiger partial charge in [0, 0.05) is 7.05 Å². The Labute approximate surface area is 149 Å². The number of amides is 2. The highest BCUT2D eigenvalue weighted by atomic mass is 16.5. The van der Waals surface area contributed by atoms with Gasteiger partial charge in [0.05, 0.1) is 12.2 Å². The van der Waals surface area contributed by atoms with Crippen LogP contribution in [0.3, 0.4) is 0 Å². The number of aromatic carboxylic acids is 1. The smallest absolute Gasteiger partial charge is 0.339 e. The monoisotopic (exact) mass is 358 g/mol. The molecular formula is C18H18N2O6. The standard InChI is InChI=1S/C18H18N2O6/c1-11-13(18(23)24)7-12(26-11)8-19(2)16(21)9-20-14-5-3-4-6-15(14)25-10-17(20)22/h3-7H,8-10H2,1-2H3,(H,23,24). The highest BCUT2D eigenvalue weighted by molar-refractivity contribution is 6.02. The maximum Gasteiger partial charge on any atom is 0.339 e. The predicted molar refractivity (Wildman–Crippen MR) is 91.2 cm³/mol. The van der Waals surface area contributed by atoms with Crippen molar-refractivity contribution in [2.45, 2.75) is 13.5 Å². The van der Waals surface area contributed by atoms with E-state index < -0.39 is 5.97 Å². The van der Waals surface area contributed by atoms with Crippen LogP contribution in [0.4, 0.5) is 5.69 Å². The van der Waals surface area contributed by atoms with Gasteiger partial charge in [-0.05, 0) is 25.1 Å². The number of likely N-dealkylation sites (N-methyl/N-ethyl adjacent to an activating group) is 1. The molecule has 1 aromatic carbocycles. The molecule has 0 aliphatic carbocycles. The fourth-order valence-corrected chi connectivity index (χ4v) is 2.74. The molecule has 1 aliphatic heterocycles. The molecule has 0 fully saturated rings. The summed E-state index contributed by atoms with van der Waals surface area (Å²) in [5.41, 5.74) is 0.616. The second-order valence-corrected chi connectivity index (χ2v) is 5.97. The number of benzene rings is 1. The van der Waals surface area contributed by atoms with Crippen LogP contribution < -0.4 is 9.64 Å². The van der Waals surface area contributed by atoms with Crippen LogP contribution in [-0.2, 0) is 16.1 Å². The van der Waals surface area contributed by atoms with Gasteiger partial charge in [-0.1, -0.05) is 12.1 Å². The summed E-state index contributed by atoms with van der Waals surface area (Å²) in [7, 11) is 1.57. The number of nitrogens with zero attached hydrogens (tertiary/aromatic N) is 2. The molecule has 1 N–H and O–H groups in total. The number of carbonyl (C=O) groups is 3. The Hall–Kier alpha value is -3.29. The van der Waals surface area contributed by atoms with E-state index >= 15 is 0 Å². The number of hydrogen-bond acceptors (Lipinski definition) is 5. The largest absolute Gasteiger partial charge is 0.482 e. The van der Waals surface area contributed by atoms with Gasteiger partial charge in [0.2, 0.25) is 5.91 Å². The van der Waals surface area contributed by atoms with Gasteiger partial charge in [-0.3, -0.25) is 14.5 Å². The lowest BCUT2D eigenvalue weighted by molar-refractivity contribution is -0.131. The first-order valence-electron chi connectivity index (χ1n) is 7.95. The number of ether oxygens (including phenoxy) is 1. The van der Waals surface area contributed by atoms with Crippen molar-refractivity contribution in [3.05, 3.63) is 47.4 Å². The van der Waals surface area contributed by atoms with Gasteiger partial charge in [-0.2, -0.15) is 0 Å². The number of hydrogen-bond donors (Lipinski definition) is 1. The molecule has 8 nitrogen and oxygen atoms in total. The van der Waals surface area contributed by atoms with Crippen molar-refractivity contribution in [2.75, 3.05) is 25.1 Å². The number of carbonyl (C=O) groups excluding carboxylic acids is 2. The van der Waals surface area contributed by atoms with E-state index in [0.29, 0.717) is 17.2 Å². The van der Waals surface area contributed by atoms with Crippen LogP contribution in [0.15, 0.2) is 34.7 Å². The molecule has 0 bridgehead atoms. The lowest BCUT2D eigenvalue weighted by Gasteiger charge is -2.30. The second kappa shape index (κ2) is 6.91. The lowest BCUT2D eigenvalue weighted by atomic mass is 10.2. The zero-order valence-electron chi connectivity index (χ0n) is 14.4. The summed E-state index contributed by atoms with van der Waals surface area (Å²) in [5, 5.41) is 9.06. The van der Waals surface area contributed by atoms with Gasteiger partial charge in [0.1, 0.15) is 29.4 Å². The second-order valence-electron chi connectivity index (χ2n) is 5.97. The molecule has 0 spiro atoms. The Morgan fingerprint density at radius 1 is 1.31 bits per heavy atom. The molecular weight excluding hydrogens is 340 g/mol. The molecule has 0 atom stereocenters. The van der Waals surface area contributed by atoms with Crippen molar-refractivity contribution < 1.29 is 28.6 Å². The van der Waals surface area contributed by atoms with E-state index in [1.54, 1.807) is 38.2 Å². The number of carboxylic acids is 1. The normalized spacial score (nSPS) is 13.2. The SMILES string of the molecule is Cc1oc(CN(C)C(=O)CN2C(=O)COc3ccccc32)cc1C(=O)O. The van der Waals surface area contributed by atoms with Crippen molar-refractivity contribution in [1.29, 1.82) is 0 Å². The van der Waals surface area contributed by atoms with Crippen LogP contribution in [0, 0.1) is 6.92 Å². The van der Waals surface area contributed by atoms with Crippen LogP contribution in [0.25, 0.3) is 0 Å². The van der Waals surface area contributed by atoms with E-state index in [-0.39, 0.29) is 42.8 Å². The number of anilines is 1. The number of furan rings is 1. The van der Waals surface area contributed by atoms with E-state index in [1.807, 2.05) is 0 Å². The zero-order chi connectivity index (χ0) is 18.8. The molecule has 2 amide bonds. The third kappa shape index (κ3) is 3.39. The van der Waals surface area contributed by atoms with E-state index in [0.717, 1.165) is 0 Å². The van der Waals surface area contributed by atoms with Crippen molar-refractivity contribution in [2.24, 2.45) is 0 Å². The molecule has 1 aliphatic rings. The molecule has 3 rings (SSSR count). The van der Waals surface area contributed by atoms with E-state index in [1.165, 1.54) is 15.9 Å². The molecule has 0 radical (unpaired) electrons. The van der Waals surface area contributed by atoms with Crippen molar-refractivity contribution in [3.8, 4) is 5.75 Å². The van der Waals surface area contributed by atoms with Gasteiger partial charge >= 0.3 is 5.97 Å². The number of fused-ring (bicyclic) bond motifs is 1. The first-order valence-corrected chi connectivity index (χ1v) is 7.95. The molecule has 0 unspecified atom stereocenters. The van der Waals surface area contributed by atoms with Crippen LogP contribution in [0.1, 0.15) is 21.9 Å². The minimum atomic E-state index is -1.08. The van der Waals surface area contributed by atoms with Crippen LogP contribution >= 0.6 is 0 Å². The topological polar surface area (TPSA) is 100 Å². The summed E-state index contributed by atoms with van der Waals surface area (Å²) >= 11 is 0. The molecule has 2 heterocycles. The fraction of sp³-hybridized carbons (Fsp3) is 0.278. The van der Waals surface area contributed by atoms with Gasteiger partial charge in [-0.15, -0.1) is 0 Å². The van der Waals surface area contributed by atoms with Gasteiger partial charge in [0.15, 0.2) is 6.61 Å². The van der Waals surface area contributed by atoms with Gasteiger partial charge in [0.25, 0.3) is 5.91 Å². The summed E-state index contributed by atoms with van der Waals surface area (Å²) in [5.74, 6) is -0.485. The summed E-state index contributed by atoms with van der Waals surface area (Å²) in [6.07, 6.45) is 0. The van der Waals surface area contributed by atoms with Crippen molar-refractivity contribution in [3.63, 3.8) is 0 Å². The summed E-state index contributed by atoms with van der Waals surface area (Å²) in [6.45, 7) is 1.40. The molecule has 8 heteroatoms. The lowest BCUT2D eigenvalue weighted by Crippen LogP contribution is -2.45. The molecule has 0 saturated heterocycles. The summed E-state index contributed by atoms with van der Waals surface area (Å²) < 4.78 is 10.7. The van der Waals surface area contributed by atoms with Crippen LogP contribution in [-0.4, -0.2) is 48.0 Å². The van der Waals surface area contributed by atoms with Crippen molar-refractivity contribution >= 4 is 23.5 Å². The fourth-order valence-electron chi connectivity index (χ4n) is 2.74. The molecule has 136 valence electrons. The summed E-state index contributed by atoms with van der Waals surface area (Å²) in [4.78, 5) is 38.5. The minimum Gasteiger partial charge on any atom is -0.482 e. The first kappa shape index (κ1) is 17.5. The maximum absolute atomic E-state index is 12.5. The maximum atomic E-state index is 12.5.